The summed E-state index contributed by atoms with van der Waals surface area (Å²) in [5.41, 5.74) is 1.08. The van der Waals surface area contributed by atoms with E-state index >= 15 is 0 Å². The number of ether oxygens (including phenoxy) is 3. The molecule has 0 aromatic heterocycles. The molecule has 0 heterocycles. The molecule has 138 valence electrons. The second-order valence-corrected chi connectivity index (χ2v) is 6.05. The number of carbonyl (C=O) groups excluding carboxylic acids is 1. The SMILES string of the molecule is COc1ccc(NC(=S)NC(=O)c2ccccc2OC(C)C)cc1OC. The van der Waals surface area contributed by atoms with Crippen molar-refractivity contribution in [3.05, 3.63) is 48.0 Å². The van der Waals surface area contributed by atoms with Gasteiger partial charge in [-0.2, -0.15) is 0 Å². The van der Waals surface area contributed by atoms with E-state index in [0.29, 0.717) is 28.5 Å². The zero-order chi connectivity index (χ0) is 19.1. The molecule has 1 amide bonds. The topological polar surface area (TPSA) is 68.8 Å². The van der Waals surface area contributed by atoms with Crippen molar-refractivity contribution >= 4 is 28.9 Å². The number of nitrogens with one attached hydrogen (secondary N) is 2. The van der Waals surface area contributed by atoms with E-state index in [-0.39, 0.29) is 17.1 Å². The summed E-state index contributed by atoms with van der Waals surface area (Å²) in [5, 5.41) is 5.77. The molecular weight excluding hydrogens is 352 g/mol. The van der Waals surface area contributed by atoms with Crippen LogP contribution in [0.1, 0.15) is 24.2 Å². The van der Waals surface area contributed by atoms with Gasteiger partial charge in [-0.05, 0) is 50.3 Å². The van der Waals surface area contributed by atoms with Crippen LogP contribution in [0.15, 0.2) is 42.5 Å². The van der Waals surface area contributed by atoms with Gasteiger partial charge in [-0.25, -0.2) is 0 Å². The van der Waals surface area contributed by atoms with Crippen molar-refractivity contribution in [2.24, 2.45) is 0 Å². The van der Waals surface area contributed by atoms with Crippen LogP contribution in [0.25, 0.3) is 0 Å². The zero-order valence-corrected chi connectivity index (χ0v) is 16.0. The number of hydrogen-bond donors (Lipinski definition) is 2. The number of thiocarbonyl (C=S) groups is 1. The molecule has 0 unspecified atom stereocenters. The number of benzene rings is 2. The van der Waals surface area contributed by atoms with Gasteiger partial charge in [0.2, 0.25) is 0 Å². The molecule has 2 aromatic rings. The fourth-order valence-corrected chi connectivity index (χ4v) is 2.47. The van der Waals surface area contributed by atoms with Gasteiger partial charge in [0.25, 0.3) is 5.91 Å². The predicted molar refractivity (Wildman–Crippen MR) is 105 cm³/mol. The van der Waals surface area contributed by atoms with E-state index in [4.69, 9.17) is 26.4 Å². The third kappa shape index (κ3) is 5.10. The summed E-state index contributed by atoms with van der Waals surface area (Å²) >= 11 is 5.23. The van der Waals surface area contributed by atoms with Crippen molar-refractivity contribution in [3.63, 3.8) is 0 Å². The number of hydrogen-bond acceptors (Lipinski definition) is 5. The second-order valence-electron chi connectivity index (χ2n) is 5.64. The summed E-state index contributed by atoms with van der Waals surface area (Å²) < 4.78 is 16.1. The number of anilines is 1. The first-order valence-corrected chi connectivity index (χ1v) is 8.45. The van der Waals surface area contributed by atoms with Gasteiger partial charge in [0.1, 0.15) is 5.75 Å². The Morgan fingerprint density at radius 1 is 1.00 bits per heavy atom. The van der Waals surface area contributed by atoms with Crippen molar-refractivity contribution in [3.8, 4) is 17.2 Å². The molecule has 0 saturated carbocycles. The minimum Gasteiger partial charge on any atom is -0.493 e. The number of para-hydroxylation sites is 1. The van der Waals surface area contributed by atoms with Gasteiger partial charge in [-0.1, -0.05) is 12.1 Å². The summed E-state index contributed by atoms with van der Waals surface area (Å²) in [4.78, 5) is 12.5. The molecule has 6 nitrogen and oxygen atoms in total. The van der Waals surface area contributed by atoms with E-state index in [2.05, 4.69) is 10.6 Å². The average molecular weight is 374 g/mol. The number of carbonyl (C=O) groups is 1. The fraction of sp³-hybridized carbons (Fsp3) is 0.263. The highest BCUT2D eigenvalue weighted by Gasteiger charge is 2.15. The molecule has 2 rings (SSSR count). The lowest BCUT2D eigenvalue weighted by molar-refractivity contribution is 0.0972. The maximum atomic E-state index is 12.5. The third-order valence-corrected chi connectivity index (χ3v) is 3.57. The van der Waals surface area contributed by atoms with Crippen LogP contribution in [0.3, 0.4) is 0 Å². The van der Waals surface area contributed by atoms with Crippen molar-refractivity contribution in [1.82, 2.24) is 5.32 Å². The predicted octanol–water partition coefficient (Wildman–Crippen LogP) is 3.62. The molecular formula is C19H22N2O4S. The summed E-state index contributed by atoms with van der Waals surface area (Å²) in [6, 6.07) is 12.3. The Balaban J connectivity index is 2.07. The highest BCUT2D eigenvalue weighted by atomic mass is 32.1. The lowest BCUT2D eigenvalue weighted by atomic mass is 10.2. The molecule has 0 aliphatic heterocycles. The van der Waals surface area contributed by atoms with E-state index in [0.717, 1.165) is 0 Å². The Morgan fingerprint density at radius 3 is 2.35 bits per heavy atom. The summed E-state index contributed by atoms with van der Waals surface area (Å²) in [7, 11) is 3.11. The Labute approximate surface area is 158 Å². The van der Waals surface area contributed by atoms with Crippen LogP contribution in [0.5, 0.6) is 17.2 Å². The van der Waals surface area contributed by atoms with Crippen LogP contribution in [0.4, 0.5) is 5.69 Å². The number of methoxy groups -OCH3 is 2. The molecule has 0 fully saturated rings. The first kappa shape index (κ1) is 19.5. The van der Waals surface area contributed by atoms with E-state index < -0.39 is 0 Å². The quantitative estimate of drug-likeness (QED) is 0.753. The van der Waals surface area contributed by atoms with Gasteiger partial charge in [-0.3, -0.25) is 10.1 Å². The average Bonchev–Trinajstić information content (AvgIpc) is 2.61. The Bertz CT molecular complexity index is 793. The Hall–Kier alpha value is -2.80. The van der Waals surface area contributed by atoms with E-state index in [1.54, 1.807) is 50.6 Å². The van der Waals surface area contributed by atoms with Crippen molar-refractivity contribution < 1.29 is 19.0 Å². The van der Waals surface area contributed by atoms with Gasteiger partial charge < -0.3 is 19.5 Å². The van der Waals surface area contributed by atoms with E-state index in [9.17, 15) is 4.79 Å². The molecule has 7 heteroatoms. The van der Waals surface area contributed by atoms with Gasteiger partial charge in [0.05, 0.1) is 25.9 Å². The van der Waals surface area contributed by atoms with Crippen LogP contribution in [-0.4, -0.2) is 31.3 Å². The molecule has 2 N–H and O–H groups in total. The fourth-order valence-electron chi connectivity index (χ4n) is 2.26. The van der Waals surface area contributed by atoms with Crippen LogP contribution >= 0.6 is 12.2 Å². The molecule has 0 bridgehead atoms. The normalized spacial score (nSPS) is 10.2. The molecule has 0 spiro atoms. The number of rotatable bonds is 6. The third-order valence-electron chi connectivity index (χ3n) is 3.36. The highest BCUT2D eigenvalue weighted by molar-refractivity contribution is 7.80. The minimum absolute atomic E-state index is 0.0409. The van der Waals surface area contributed by atoms with Crippen LogP contribution < -0.4 is 24.8 Å². The molecule has 0 aliphatic rings. The number of amides is 1. The summed E-state index contributed by atoms with van der Waals surface area (Å²) in [6.07, 6.45) is -0.0409. The maximum absolute atomic E-state index is 12.5. The molecule has 0 saturated heterocycles. The highest BCUT2D eigenvalue weighted by Crippen LogP contribution is 2.29. The first-order valence-electron chi connectivity index (χ1n) is 8.04. The molecule has 0 aliphatic carbocycles. The largest absolute Gasteiger partial charge is 0.493 e. The lowest BCUT2D eigenvalue weighted by Gasteiger charge is -2.15. The molecule has 0 atom stereocenters. The van der Waals surface area contributed by atoms with Gasteiger partial charge >= 0.3 is 0 Å². The van der Waals surface area contributed by atoms with Gasteiger partial charge in [0.15, 0.2) is 16.6 Å². The van der Waals surface area contributed by atoms with Crippen LogP contribution in [-0.2, 0) is 0 Å². The minimum atomic E-state index is -0.348. The van der Waals surface area contributed by atoms with Crippen LogP contribution in [0, 0.1) is 0 Å². The maximum Gasteiger partial charge on any atom is 0.261 e. The van der Waals surface area contributed by atoms with Crippen molar-refractivity contribution in [1.29, 1.82) is 0 Å². The van der Waals surface area contributed by atoms with Gasteiger partial charge in [-0.15, -0.1) is 0 Å². The Kier molecular flexibility index (Phi) is 6.80. The monoisotopic (exact) mass is 374 g/mol. The zero-order valence-electron chi connectivity index (χ0n) is 15.2. The molecule has 2 aromatic carbocycles. The lowest BCUT2D eigenvalue weighted by Crippen LogP contribution is -2.34. The summed E-state index contributed by atoms with van der Waals surface area (Å²) in [6.45, 7) is 3.80. The molecule has 26 heavy (non-hydrogen) atoms. The van der Waals surface area contributed by atoms with E-state index in [1.165, 1.54) is 0 Å². The Morgan fingerprint density at radius 2 is 1.69 bits per heavy atom. The van der Waals surface area contributed by atoms with Crippen LogP contribution in [0.2, 0.25) is 0 Å². The first-order chi connectivity index (χ1) is 12.4. The van der Waals surface area contributed by atoms with Gasteiger partial charge in [0, 0.05) is 11.8 Å². The summed E-state index contributed by atoms with van der Waals surface area (Å²) in [5.74, 6) is 1.32. The second kappa shape index (κ2) is 9.05. The molecule has 0 radical (unpaired) electrons. The smallest absolute Gasteiger partial charge is 0.261 e. The van der Waals surface area contributed by atoms with Crippen molar-refractivity contribution in [2.45, 2.75) is 20.0 Å². The standard InChI is InChI=1S/C19H22N2O4S/c1-12(2)25-15-8-6-5-7-14(15)18(22)21-19(26)20-13-9-10-16(23-3)17(11-13)24-4/h5-12H,1-4H3,(H2,20,21,22,26). The van der Waals surface area contributed by atoms with E-state index in [1.807, 2.05) is 19.9 Å². The van der Waals surface area contributed by atoms with Crippen molar-refractivity contribution in [2.75, 3.05) is 19.5 Å².